The van der Waals surface area contributed by atoms with Crippen LogP contribution in [0, 0.1) is 5.92 Å². The maximum absolute atomic E-state index is 3.79. The monoisotopic (exact) mass is 258 g/mol. The molecular formula is C17H26N2. The van der Waals surface area contributed by atoms with Crippen molar-refractivity contribution >= 4 is 0 Å². The van der Waals surface area contributed by atoms with Crippen LogP contribution in [0.2, 0.25) is 0 Å². The molecule has 3 unspecified atom stereocenters. The number of rotatable bonds is 4. The molecule has 3 rings (SSSR count). The molecule has 1 aromatic carbocycles. The van der Waals surface area contributed by atoms with Crippen molar-refractivity contribution in [2.24, 2.45) is 5.92 Å². The number of nitrogens with zero attached hydrogens (tertiary/aromatic N) is 1. The molecule has 19 heavy (non-hydrogen) atoms. The summed E-state index contributed by atoms with van der Waals surface area (Å²) in [7, 11) is 0. The lowest BCUT2D eigenvalue weighted by atomic mass is 9.94. The second kappa shape index (κ2) is 5.64. The number of benzene rings is 1. The predicted octanol–water partition coefficient (Wildman–Crippen LogP) is 2.99. The first kappa shape index (κ1) is 13.1. The van der Waals surface area contributed by atoms with Crippen LogP contribution in [0.3, 0.4) is 0 Å². The summed E-state index contributed by atoms with van der Waals surface area (Å²) in [6.07, 6.45) is 2.72. The molecule has 2 aliphatic heterocycles. The van der Waals surface area contributed by atoms with E-state index in [9.17, 15) is 0 Å². The molecule has 2 aliphatic rings. The molecule has 2 heterocycles. The molecule has 104 valence electrons. The number of piperidine rings is 1. The Hall–Kier alpha value is -0.860. The summed E-state index contributed by atoms with van der Waals surface area (Å²) < 4.78 is 0. The van der Waals surface area contributed by atoms with Gasteiger partial charge in [0.2, 0.25) is 0 Å². The summed E-state index contributed by atoms with van der Waals surface area (Å²) in [6.45, 7) is 9.47. The van der Waals surface area contributed by atoms with Gasteiger partial charge in [0.25, 0.3) is 0 Å². The molecule has 1 aromatic rings. The van der Waals surface area contributed by atoms with E-state index in [4.69, 9.17) is 0 Å². The normalized spacial score (nSPS) is 29.9. The zero-order valence-electron chi connectivity index (χ0n) is 12.2. The van der Waals surface area contributed by atoms with Gasteiger partial charge >= 0.3 is 0 Å². The van der Waals surface area contributed by atoms with Crippen molar-refractivity contribution in [2.75, 3.05) is 19.6 Å². The second-order valence-electron chi connectivity index (χ2n) is 6.52. The molecule has 0 saturated carbocycles. The number of hydrogen-bond donors (Lipinski definition) is 1. The molecule has 0 amide bonds. The van der Waals surface area contributed by atoms with Crippen molar-refractivity contribution < 1.29 is 0 Å². The van der Waals surface area contributed by atoms with Gasteiger partial charge in [-0.15, -0.1) is 0 Å². The van der Waals surface area contributed by atoms with Gasteiger partial charge in [0.1, 0.15) is 0 Å². The topological polar surface area (TPSA) is 15.3 Å². The maximum Gasteiger partial charge on any atom is 0.0208 e. The Morgan fingerprint density at radius 3 is 2.63 bits per heavy atom. The van der Waals surface area contributed by atoms with E-state index in [-0.39, 0.29) is 0 Å². The first-order valence-electron chi connectivity index (χ1n) is 7.77. The minimum Gasteiger partial charge on any atom is -0.310 e. The van der Waals surface area contributed by atoms with Gasteiger partial charge in [-0.3, -0.25) is 0 Å². The van der Waals surface area contributed by atoms with Crippen LogP contribution in [0.1, 0.15) is 43.7 Å². The molecule has 2 heteroatoms. The lowest BCUT2D eigenvalue weighted by Gasteiger charge is -2.31. The van der Waals surface area contributed by atoms with Crippen LogP contribution in [-0.2, 0) is 6.54 Å². The molecule has 3 atom stereocenters. The van der Waals surface area contributed by atoms with Gasteiger partial charge in [-0.25, -0.2) is 0 Å². The Balaban J connectivity index is 1.54. The summed E-state index contributed by atoms with van der Waals surface area (Å²) in [4.78, 5) is 2.61. The van der Waals surface area contributed by atoms with E-state index in [0.29, 0.717) is 5.92 Å². The number of hydrogen-bond acceptors (Lipinski definition) is 2. The van der Waals surface area contributed by atoms with E-state index in [1.807, 2.05) is 0 Å². The molecule has 0 aromatic heterocycles. The highest BCUT2D eigenvalue weighted by Crippen LogP contribution is 2.27. The summed E-state index contributed by atoms with van der Waals surface area (Å²) in [5, 5.41) is 3.79. The third kappa shape index (κ3) is 3.01. The van der Waals surface area contributed by atoms with Crippen molar-refractivity contribution in [3.8, 4) is 0 Å². The summed E-state index contributed by atoms with van der Waals surface area (Å²) in [5.74, 6) is 1.52. The van der Waals surface area contributed by atoms with Crippen molar-refractivity contribution in [3.05, 3.63) is 35.4 Å². The van der Waals surface area contributed by atoms with Crippen molar-refractivity contribution in [1.29, 1.82) is 0 Å². The smallest absolute Gasteiger partial charge is 0.0208 e. The Labute approximate surface area is 117 Å². The van der Waals surface area contributed by atoms with Crippen LogP contribution in [0.25, 0.3) is 0 Å². The first-order valence-corrected chi connectivity index (χ1v) is 7.77. The van der Waals surface area contributed by atoms with E-state index >= 15 is 0 Å². The lowest BCUT2D eigenvalue weighted by Crippen LogP contribution is -2.43. The SMILES string of the molecule is CC(C)c1ccc(CNC2CCN3CCC2C3)cc1. The van der Waals surface area contributed by atoms with E-state index in [2.05, 4.69) is 48.3 Å². The van der Waals surface area contributed by atoms with E-state index in [1.165, 1.54) is 43.6 Å². The fraction of sp³-hybridized carbons (Fsp3) is 0.647. The third-order valence-electron chi connectivity index (χ3n) is 4.85. The minimum atomic E-state index is 0.629. The summed E-state index contributed by atoms with van der Waals surface area (Å²) >= 11 is 0. The van der Waals surface area contributed by atoms with Gasteiger partial charge in [0.05, 0.1) is 0 Å². The van der Waals surface area contributed by atoms with Crippen LogP contribution in [0.5, 0.6) is 0 Å². The Morgan fingerprint density at radius 1 is 1.16 bits per heavy atom. The zero-order valence-corrected chi connectivity index (χ0v) is 12.2. The van der Waals surface area contributed by atoms with Gasteiger partial charge in [-0.2, -0.15) is 0 Å². The van der Waals surface area contributed by atoms with Crippen LogP contribution in [0.4, 0.5) is 0 Å². The van der Waals surface area contributed by atoms with E-state index in [1.54, 1.807) is 0 Å². The molecular weight excluding hydrogens is 232 g/mol. The molecule has 2 bridgehead atoms. The number of nitrogens with one attached hydrogen (secondary N) is 1. The predicted molar refractivity (Wildman–Crippen MR) is 80.3 cm³/mol. The molecule has 0 spiro atoms. The third-order valence-corrected chi connectivity index (χ3v) is 4.85. The van der Waals surface area contributed by atoms with Crippen LogP contribution in [-0.4, -0.2) is 30.6 Å². The standard InChI is InChI=1S/C17H26N2/c1-13(2)15-5-3-14(4-6-15)11-18-17-8-10-19-9-7-16(17)12-19/h3-6,13,16-18H,7-12H2,1-2H3. The van der Waals surface area contributed by atoms with Crippen molar-refractivity contribution in [3.63, 3.8) is 0 Å². The summed E-state index contributed by atoms with van der Waals surface area (Å²) in [6, 6.07) is 9.86. The van der Waals surface area contributed by atoms with Crippen LogP contribution >= 0.6 is 0 Å². The fourth-order valence-corrected chi connectivity index (χ4v) is 3.49. The van der Waals surface area contributed by atoms with E-state index < -0.39 is 0 Å². The molecule has 1 N–H and O–H groups in total. The maximum atomic E-state index is 3.79. The zero-order chi connectivity index (χ0) is 13.2. The lowest BCUT2D eigenvalue weighted by molar-refractivity contribution is 0.220. The van der Waals surface area contributed by atoms with Gasteiger partial charge in [0.15, 0.2) is 0 Å². The fourth-order valence-electron chi connectivity index (χ4n) is 3.49. The Kier molecular flexibility index (Phi) is 3.90. The quantitative estimate of drug-likeness (QED) is 0.893. The van der Waals surface area contributed by atoms with Gasteiger partial charge in [0, 0.05) is 19.1 Å². The Morgan fingerprint density at radius 2 is 1.89 bits per heavy atom. The highest BCUT2D eigenvalue weighted by atomic mass is 15.2. The van der Waals surface area contributed by atoms with Gasteiger partial charge < -0.3 is 10.2 Å². The number of fused-ring (bicyclic) bond motifs is 2. The van der Waals surface area contributed by atoms with Crippen LogP contribution in [0.15, 0.2) is 24.3 Å². The summed E-state index contributed by atoms with van der Waals surface area (Å²) in [5.41, 5.74) is 2.86. The van der Waals surface area contributed by atoms with Crippen molar-refractivity contribution in [1.82, 2.24) is 10.2 Å². The molecule has 0 radical (unpaired) electrons. The molecule has 2 nitrogen and oxygen atoms in total. The van der Waals surface area contributed by atoms with Gasteiger partial charge in [-0.05, 0) is 48.9 Å². The minimum absolute atomic E-state index is 0.629. The van der Waals surface area contributed by atoms with Crippen molar-refractivity contribution in [2.45, 2.75) is 45.2 Å². The first-order chi connectivity index (χ1) is 9.22. The average molecular weight is 258 g/mol. The van der Waals surface area contributed by atoms with Crippen LogP contribution < -0.4 is 5.32 Å². The van der Waals surface area contributed by atoms with Gasteiger partial charge in [-0.1, -0.05) is 38.1 Å². The second-order valence-corrected chi connectivity index (χ2v) is 6.52. The average Bonchev–Trinajstić information content (AvgIpc) is 2.81. The highest BCUT2D eigenvalue weighted by molar-refractivity contribution is 5.24. The highest BCUT2D eigenvalue weighted by Gasteiger charge is 2.33. The largest absolute Gasteiger partial charge is 0.310 e. The van der Waals surface area contributed by atoms with E-state index in [0.717, 1.165) is 18.5 Å². The Bertz CT molecular complexity index is 410. The molecule has 0 aliphatic carbocycles. The molecule has 2 fully saturated rings. The molecule has 2 saturated heterocycles.